The molecule has 2 N–H and O–H groups in total. The second kappa shape index (κ2) is 9.91. The van der Waals surface area contributed by atoms with Gasteiger partial charge < -0.3 is 4.74 Å². The first kappa shape index (κ1) is 23.4. The molecule has 0 radical (unpaired) electrons. The van der Waals surface area contributed by atoms with Crippen molar-refractivity contribution in [3.05, 3.63) is 65.2 Å². The van der Waals surface area contributed by atoms with Crippen LogP contribution in [0.5, 0.6) is 0 Å². The summed E-state index contributed by atoms with van der Waals surface area (Å²) in [5.41, 5.74) is 4.59. The van der Waals surface area contributed by atoms with E-state index in [-0.39, 0.29) is 22.8 Å². The minimum Gasteiger partial charge on any atom is -0.350 e. The minimum absolute atomic E-state index is 0.0434. The highest BCUT2D eigenvalue weighted by atomic mass is 32.2. The molecule has 1 fully saturated rings. The maximum Gasteiger partial charge on any atom is 0.274 e. The third-order valence-electron chi connectivity index (χ3n) is 5.13. The Morgan fingerprint density at radius 2 is 1.74 bits per heavy atom. The topological polar surface area (TPSA) is 93.7 Å². The molecule has 0 saturated carbocycles. The van der Waals surface area contributed by atoms with Crippen molar-refractivity contribution in [1.82, 2.24) is 10.2 Å². The molecule has 0 aliphatic carbocycles. The number of hydrogen-bond donors (Lipinski definition) is 2. The SMILES string of the molecule is CC(C)(C)c1ccc(S(=O)(=O)NCc2ccc(C(=O)NOC3CCCCO3)cc2)cc1. The van der Waals surface area contributed by atoms with Gasteiger partial charge in [0.15, 0.2) is 6.29 Å². The first-order valence-corrected chi connectivity index (χ1v) is 11.9. The van der Waals surface area contributed by atoms with Gasteiger partial charge >= 0.3 is 0 Å². The van der Waals surface area contributed by atoms with Gasteiger partial charge in [0, 0.05) is 25.1 Å². The van der Waals surface area contributed by atoms with E-state index in [1.54, 1.807) is 36.4 Å². The van der Waals surface area contributed by atoms with E-state index in [2.05, 4.69) is 31.0 Å². The van der Waals surface area contributed by atoms with E-state index < -0.39 is 16.3 Å². The van der Waals surface area contributed by atoms with Crippen molar-refractivity contribution < 1.29 is 22.8 Å². The van der Waals surface area contributed by atoms with Crippen molar-refractivity contribution in [3.8, 4) is 0 Å². The number of carbonyl (C=O) groups excluding carboxylic acids is 1. The standard InChI is InChI=1S/C23H30N2O5S/c1-23(2,3)19-11-13-20(14-12-19)31(27,28)24-16-17-7-9-18(10-8-17)22(26)25-30-21-6-4-5-15-29-21/h7-14,21,24H,4-6,15-16H2,1-3H3,(H,25,26). The minimum atomic E-state index is -3.63. The van der Waals surface area contributed by atoms with Gasteiger partial charge in [0.05, 0.1) is 4.90 Å². The van der Waals surface area contributed by atoms with Crippen LogP contribution in [0.15, 0.2) is 53.4 Å². The molecule has 8 heteroatoms. The predicted octanol–water partition coefficient (Wildman–Crippen LogP) is 3.65. The van der Waals surface area contributed by atoms with Crippen LogP contribution >= 0.6 is 0 Å². The Kier molecular flexibility index (Phi) is 7.48. The smallest absolute Gasteiger partial charge is 0.274 e. The van der Waals surface area contributed by atoms with Crippen molar-refractivity contribution in [2.45, 2.75) is 63.2 Å². The Morgan fingerprint density at radius 3 is 2.32 bits per heavy atom. The van der Waals surface area contributed by atoms with Crippen molar-refractivity contribution in [1.29, 1.82) is 0 Å². The zero-order valence-electron chi connectivity index (χ0n) is 18.2. The van der Waals surface area contributed by atoms with Gasteiger partial charge in [0.25, 0.3) is 5.91 Å². The van der Waals surface area contributed by atoms with Crippen LogP contribution in [0, 0.1) is 0 Å². The molecule has 7 nitrogen and oxygen atoms in total. The summed E-state index contributed by atoms with van der Waals surface area (Å²) in [6.07, 6.45) is 2.34. The zero-order valence-corrected chi connectivity index (χ0v) is 19.0. The van der Waals surface area contributed by atoms with Crippen LogP contribution in [-0.4, -0.2) is 27.2 Å². The molecule has 3 rings (SSSR count). The number of hydrogen-bond acceptors (Lipinski definition) is 5. The highest BCUT2D eigenvalue weighted by Gasteiger charge is 2.18. The molecule has 1 aliphatic rings. The monoisotopic (exact) mass is 446 g/mol. The highest BCUT2D eigenvalue weighted by molar-refractivity contribution is 7.89. The lowest BCUT2D eigenvalue weighted by Crippen LogP contribution is -2.33. The molecule has 0 aromatic heterocycles. The molecule has 1 heterocycles. The Balaban J connectivity index is 1.53. The average molecular weight is 447 g/mol. The summed E-state index contributed by atoms with van der Waals surface area (Å²) in [5.74, 6) is -0.375. The zero-order chi connectivity index (χ0) is 22.5. The number of sulfonamides is 1. The van der Waals surface area contributed by atoms with Crippen molar-refractivity contribution in [3.63, 3.8) is 0 Å². The fourth-order valence-electron chi connectivity index (χ4n) is 3.15. The molecule has 1 saturated heterocycles. The van der Waals surface area contributed by atoms with Crippen LogP contribution in [0.2, 0.25) is 0 Å². The average Bonchev–Trinajstić information content (AvgIpc) is 2.77. The summed E-state index contributed by atoms with van der Waals surface area (Å²) in [7, 11) is -3.63. The summed E-state index contributed by atoms with van der Waals surface area (Å²) in [4.78, 5) is 17.7. The molecule has 31 heavy (non-hydrogen) atoms. The maximum atomic E-state index is 12.6. The van der Waals surface area contributed by atoms with E-state index in [9.17, 15) is 13.2 Å². The molecule has 168 valence electrons. The van der Waals surface area contributed by atoms with Gasteiger partial charge in [-0.05, 0) is 53.6 Å². The second-order valence-corrected chi connectivity index (χ2v) is 10.4. The molecular weight excluding hydrogens is 416 g/mol. The number of carbonyl (C=O) groups is 1. The molecule has 1 atom stereocenters. The Bertz CT molecular complexity index is 974. The van der Waals surface area contributed by atoms with E-state index in [0.29, 0.717) is 12.2 Å². The summed E-state index contributed by atoms with van der Waals surface area (Å²) in [6.45, 7) is 6.99. The number of hydroxylamine groups is 1. The summed E-state index contributed by atoms with van der Waals surface area (Å²) >= 11 is 0. The van der Waals surface area contributed by atoms with Crippen molar-refractivity contribution >= 4 is 15.9 Å². The van der Waals surface area contributed by atoms with Gasteiger partial charge in [0.2, 0.25) is 10.0 Å². The molecule has 2 aromatic rings. The predicted molar refractivity (Wildman–Crippen MR) is 118 cm³/mol. The van der Waals surface area contributed by atoms with Crippen LogP contribution < -0.4 is 10.2 Å². The second-order valence-electron chi connectivity index (χ2n) is 8.64. The lowest BCUT2D eigenvalue weighted by molar-refractivity contribution is -0.186. The van der Waals surface area contributed by atoms with Crippen LogP contribution in [0.25, 0.3) is 0 Å². The number of nitrogens with one attached hydrogen (secondary N) is 2. The molecule has 1 aliphatic heterocycles. The number of rotatable bonds is 7. The van der Waals surface area contributed by atoms with Crippen LogP contribution in [0.3, 0.4) is 0 Å². The fourth-order valence-corrected chi connectivity index (χ4v) is 4.17. The molecule has 0 spiro atoms. The summed E-state index contributed by atoms with van der Waals surface area (Å²) in [5, 5.41) is 0. The van der Waals surface area contributed by atoms with Gasteiger partial charge in [-0.3, -0.25) is 4.79 Å². The first-order chi connectivity index (χ1) is 14.6. The van der Waals surface area contributed by atoms with Gasteiger partial charge in [-0.25, -0.2) is 23.5 Å². The van der Waals surface area contributed by atoms with Crippen molar-refractivity contribution in [2.24, 2.45) is 0 Å². The molecule has 2 aromatic carbocycles. The van der Waals surface area contributed by atoms with Crippen LogP contribution in [-0.2, 0) is 31.6 Å². The normalized spacial score (nSPS) is 17.3. The molecular formula is C23H30N2O5S. The number of benzene rings is 2. The van der Waals surface area contributed by atoms with E-state index in [4.69, 9.17) is 9.57 Å². The third kappa shape index (κ3) is 6.61. The molecule has 1 amide bonds. The molecule has 0 bridgehead atoms. The summed E-state index contributed by atoms with van der Waals surface area (Å²) < 4.78 is 33.1. The van der Waals surface area contributed by atoms with Crippen LogP contribution in [0.4, 0.5) is 0 Å². The highest BCUT2D eigenvalue weighted by Crippen LogP contribution is 2.23. The largest absolute Gasteiger partial charge is 0.350 e. The summed E-state index contributed by atoms with van der Waals surface area (Å²) in [6, 6.07) is 13.6. The Hall–Kier alpha value is -2.26. The Morgan fingerprint density at radius 1 is 1.06 bits per heavy atom. The maximum absolute atomic E-state index is 12.6. The molecule has 1 unspecified atom stereocenters. The van der Waals surface area contributed by atoms with Crippen molar-refractivity contribution in [2.75, 3.05) is 6.61 Å². The van der Waals surface area contributed by atoms with E-state index in [0.717, 1.165) is 30.4 Å². The van der Waals surface area contributed by atoms with Gasteiger partial charge in [0.1, 0.15) is 0 Å². The van der Waals surface area contributed by atoms with Gasteiger partial charge in [-0.15, -0.1) is 0 Å². The van der Waals surface area contributed by atoms with E-state index in [1.165, 1.54) is 0 Å². The lowest BCUT2D eigenvalue weighted by Gasteiger charge is -2.22. The van der Waals surface area contributed by atoms with E-state index in [1.807, 2.05) is 12.1 Å². The first-order valence-electron chi connectivity index (χ1n) is 10.4. The van der Waals surface area contributed by atoms with Gasteiger partial charge in [-0.2, -0.15) is 0 Å². The fraction of sp³-hybridized carbons (Fsp3) is 0.435. The third-order valence-corrected chi connectivity index (χ3v) is 6.55. The van der Waals surface area contributed by atoms with Crippen LogP contribution in [0.1, 0.15) is 61.5 Å². The van der Waals surface area contributed by atoms with E-state index >= 15 is 0 Å². The lowest BCUT2D eigenvalue weighted by atomic mass is 9.87. The number of amides is 1. The Labute approximate surface area is 184 Å². The quantitative estimate of drug-likeness (QED) is 0.633. The van der Waals surface area contributed by atoms with Gasteiger partial charge in [-0.1, -0.05) is 45.0 Å². The number of ether oxygens (including phenoxy) is 1.